The van der Waals surface area contributed by atoms with E-state index in [-0.39, 0.29) is 11.4 Å². The van der Waals surface area contributed by atoms with E-state index in [0.29, 0.717) is 6.04 Å². The second kappa shape index (κ2) is 4.88. The predicted octanol–water partition coefficient (Wildman–Crippen LogP) is 2.79. The first-order chi connectivity index (χ1) is 9.08. The van der Waals surface area contributed by atoms with Gasteiger partial charge in [0.2, 0.25) is 0 Å². The number of benzene rings is 1. The molecule has 1 aliphatic heterocycles. The first-order valence-corrected chi connectivity index (χ1v) is 7.31. The smallest absolute Gasteiger partial charge is 0.127 e. The number of nitrogens with one attached hydrogen (secondary N) is 1. The number of rotatable bonds is 3. The lowest BCUT2D eigenvalue weighted by Gasteiger charge is -2.45. The Bertz CT molecular complexity index is 458. The molecule has 2 nitrogen and oxygen atoms in total. The molecule has 3 rings (SSSR count). The molecule has 3 heteroatoms. The average molecular weight is 262 g/mol. The van der Waals surface area contributed by atoms with Crippen molar-refractivity contribution in [3.8, 4) is 0 Å². The monoisotopic (exact) mass is 262 g/mol. The summed E-state index contributed by atoms with van der Waals surface area (Å²) in [6, 6.07) is 7.60. The summed E-state index contributed by atoms with van der Waals surface area (Å²) >= 11 is 0. The van der Waals surface area contributed by atoms with E-state index in [1.165, 1.54) is 12.8 Å². The summed E-state index contributed by atoms with van der Waals surface area (Å²) in [5.74, 6) is 0.726. The fourth-order valence-corrected chi connectivity index (χ4v) is 3.19. The van der Waals surface area contributed by atoms with Crippen molar-refractivity contribution in [1.82, 2.24) is 10.2 Å². The zero-order chi connectivity index (χ0) is 13.5. The maximum Gasteiger partial charge on any atom is 0.127 e. The largest absolute Gasteiger partial charge is 0.308 e. The van der Waals surface area contributed by atoms with Gasteiger partial charge < -0.3 is 5.32 Å². The first-order valence-electron chi connectivity index (χ1n) is 7.31. The molecule has 2 aliphatic rings. The number of hydrogen-bond acceptors (Lipinski definition) is 2. The van der Waals surface area contributed by atoms with E-state index in [0.717, 1.165) is 31.1 Å². The van der Waals surface area contributed by atoms with E-state index in [1.54, 1.807) is 12.1 Å². The van der Waals surface area contributed by atoms with Crippen molar-refractivity contribution >= 4 is 0 Å². The molecule has 1 N–H and O–H groups in total. The summed E-state index contributed by atoms with van der Waals surface area (Å²) in [5.41, 5.74) is 1.03. The maximum atomic E-state index is 13.8. The quantitative estimate of drug-likeness (QED) is 0.901. The normalized spacial score (nSPS) is 32.5. The van der Waals surface area contributed by atoms with Crippen LogP contribution in [0.15, 0.2) is 24.3 Å². The molecule has 1 aromatic carbocycles. The summed E-state index contributed by atoms with van der Waals surface area (Å²) < 4.78 is 13.8. The summed E-state index contributed by atoms with van der Waals surface area (Å²) in [5, 5.41) is 3.70. The van der Waals surface area contributed by atoms with Crippen LogP contribution < -0.4 is 5.32 Å². The van der Waals surface area contributed by atoms with Crippen LogP contribution in [0.5, 0.6) is 0 Å². The molecule has 0 radical (unpaired) electrons. The van der Waals surface area contributed by atoms with Crippen molar-refractivity contribution in [2.24, 2.45) is 5.92 Å². The molecule has 2 fully saturated rings. The van der Waals surface area contributed by atoms with Gasteiger partial charge in [0.1, 0.15) is 5.82 Å². The molecule has 19 heavy (non-hydrogen) atoms. The van der Waals surface area contributed by atoms with Gasteiger partial charge in [-0.3, -0.25) is 4.90 Å². The topological polar surface area (TPSA) is 15.3 Å². The molecule has 1 saturated heterocycles. The molecule has 104 valence electrons. The van der Waals surface area contributed by atoms with Gasteiger partial charge in [0.15, 0.2) is 0 Å². The van der Waals surface area contributed by atoms with E-state index in [1.807, 2.05) is 12.1 Å². The third-order valence-electron chi connectivity index (χ3n) is 4.77. The highest BCUT2D eigenvalue weighted by molar-refractivity contribution is 5.18. The second-order valence-electron chi connectivity index (χ2n) is 6.42. The molecular formula is C16H23FN2. The van der Waals surface area contributed by atoms with Crippen molar-refractivity contribution in [3.63, 3.8) is 0 Å². The van der Waals surface area contributed by atoms with Crippen molar-refractivity contribution in [2.75, 3.05) is 13.1 Å². The molecular weight excluding hydrogens is 239 g/mol. The summed E-state index contributed by atoms with van der Waals surface area (Å²) in [4.78, 5) is 2.42. The van der Waals surface area contributed by atoms with Crippen LogP contribution in [0.3, 0.4) is 0 Å². The van der Waals surface area contributed by atoms with Crippen LogP contribution >= 0.6 is 0 Å². The highest BCUT2D eigenvalue weighted by atomic mass is 19.1. The van der Waals surface area contributed by atoms with Gasteiger partial charge >= 0.3 is 0 Å². The van der Waals surface area contributed by atoms with E-state index in [2.05, 4.69) is 24.1 Å². The van der Waals surface area contributed by atoms with Gasteiger partial charge in [-0.15, -0.1) is 0 Å². The lowest BCUT2D eigenvalue weighted by molar-refractivity contribution is 0.0761. The van der Waals surface area contributed by atoms with Crippen molar-refractivity contribution in [1.29, 1.82) is 0 Å². The van der Waals surface area contributed by atoms with Crippen molar-refractivity contribution < 1.29 is 4.39 Å². The molecule has 0 bridgehead atoms. The summed E-state index contributed by atoms with van der Waals surface area (Å²) in [6.45, 7) is 7.29. The lowest BCUT2D eigenvalue weighted by atomic mass is 9.91. The minimum Gasteiger partial charge on any atom is -0.308 e. The molecule has 0 amide bonds. The number of nitrogens with zero attached hydrogens (tertiary/aromatic N) is 1. The number of halogens is 1. The summed E-state index contributed by atoms with van der Waals surface area (Å²) in [6.07, 6.45) is 2.68. The third-order valence-corrected chi connectivity index (χ3v) is 4.77. The Balaban J connectivity index is 1.73. The molecule has 2 atom stereocenters. The minimum absolute atomic E-state index is 0.0821. The Labute approximate surface area is 115 Å². The second-order valence-corrected chi connectivity index (χ2v) is 6.42. The summed E-state index contributed by atoms with van der Waals surface area (Å²) in [7, 11) is 0. The van der Waals surface area contributed by atoms with Gasteiger partial charge in [-0.1, -0.05) is 18.2 Å². The van der Waals surface area contributed by atoms with Crippen molar-refractivity contribution in [3.05, 3.63) is 35.6 Å². The Morgan fingerprint density at radius 3 is 2.79 bits per heavy atom. The highest BCUT2D eigenvalue weighted by Crippen LogP contribution is 2.41. The fourth-order valence-electron chi connectivity index (χ4n) is 3.19. The van der Waals surface area contributed by atoms with Crippen LogP contribution in [-0.2, 0) is 6.54 Å². The number of piperazine rings is 1. The molecule has 1 saturated carbocycles. The zero-order valence-corrected chi connectivity index (χ0v) is 11.8. The molecule has 1 aliphatic carbocycles. The lowest BCUT2D eigenvalue weighted by Crippen LogP contribution is -2.62. The Hall–Kier alpha value is -0.930. The van der Waals surface area contributed by atoms with Crippen LogP contribution in [0.4, 0.5) is 4.39 Å². The Morgan fingerprint density at radius 1 is 1.37 bits per heavy atom. The fraction of sp³-hybridized carbons (Fsp3) is 0.625. The molecule has 1 aromatic rings. The highest BCUT2D eigenvalue weighted by Gasteiger charge is 2.45. The standard InChI is InChI=1S/C16H23FN2/c1-12-9-18-16(2,14-7-8-14)11-19(12)10-13-5-3-4-6-15(13)17/h3-6,12,14,18H,7-11H2,1-2H3. The van der Waals surface area contributed by atoms with Gasteiger partial charge in [0.25, 0.3) is 0 Å². The van der Waals surface area contributed by atoms with Gasteiger partial charge in [-0.25, -0.2) is 4.39 Å². The van der Waals surface area contributed by atoms with Crippen LogP contribution in [0.1, 0.15) is 32.3 Å². The first kappa shape index (κ1) is 13.1. The molecule has 2 unspecified atom stereocenters. The van der Waals surface area contributed by atoms with Crippen LogP contribution in [0.2, 0.25) is 0 Å². The minimum atomic E-state index is -0.0821. The van der Waals surface area contributed by atoms with Gasteiger partial charge in [0.05, 0.1) is 0 Å². The SMILES string of the molecule is CC1CNC(C)(C2CC2)CN1Cc1ccccc1F. The van der Waals surface area contributed by atoms with Crippen LogP contribution in [0.25, 0.3) is 0 Å². The van der Waals surface area contributed by atoms with Crippen molar-refractivity contribution in [2.45, 2.75) is 44.8 Å². The molecule has 0 aromatic heterocycles. The number of hydrogen-bond donors (Lipinski definition) is 1. The average Bonchev–Trinajstić information content (AvgIpc) is 3.21. The van der Waals surface area contributed by atoms with E-state index in [4.69, 9.17) is 0 Å². The maximum absolute atomic E-state index is 13.8. The van der Waals surface area contributed by atoms with Gasteiger partial charge in [-0.05, 0) is 38.7 Å². The Morgan fingerprint density at radius 2 is 2.11 bits per heavy atom. The van der Waals surface area contributed by atoms with Gasteiger partial charge in [0, 0.05) is 36.8 Å². The molecule has 0 spiro atoms. The van der Waals surface area contributed by atoms with E-state index >= 15 is 0 Å². The van der Waals surface area contributed by atoms with Crippen LogP contribution in [0, 0.1) is 11.7 Å². The predicted molar refractivity (Wildman–Crippen MR) is 75.4 cm³/mol. The van der Waals surface area contributed by atoms with Crippen LogP contribution in [-0.4, -0.2) is 29.6 Å². The van der Waals surface area contributed by atoms with Gasteiger partial charge in [-0.2, -0.15) is 0 Å². The Kier molecular flexibility index (Phi) is 3.35. The van der Waals surface area contributed by atoms with E-state index in [9.17, 15) is 4.39 Å². The molecule has 1 heterocycles. The van der Waals surface area contributed by atoms with E-state index < -0.39 is 0 Å². The third kappa shape index (κ3) is 2.67. The zero-order valence-electron chi connectivity index (χ0n) is 11.8.